The van der Waals surface area contributed by atoms with Crippen LogP contribution in [0.3, 0.4) is 0 Å². The number of carbonyl (C=O) groups excluding carboxylic acids is 1. The third-order valence-electron chi connectivity index (χ3n) is 3.46. The van der Waals surface area contributed by atoms with Crippen molar-refractivity contribution in [2.75, 3.05) is 19.7 Å². The topological polar surface area (TPSA) is 55.6 Å². The standard InChI is InChI=1S/C14H20N2O2/c1-10-5-3-4-6-12(10)13-8-16(14(17)7-15)11(2)9-18-13/h3-6,11,13H,7-9,15H2,1-2H3. The Hall–Kier alpha value is -1.39. The van der Waals surface area contributed by atoms with Crippen molar-refractivity contribution in [1.29, 1.82) is 0 Å². The average Bonchev–Trinajstić information content (AvgIpc) is 2.39. The molecule has 2 N–H and O–H groups in total. The third-order valence-corrected chi connectivity index (χ3v) is 3.46. The molecule has 1 fully saturated rings. The molecule has 1 aromatic rings. The van der Waals surface area contributed by atoms with Crippen LogP contribution in [0.2, 0.25) is 0 Å². The van der Waals surface area contributed by atoms with E-state index in [2.05, 4.69) is 19.1 Å². The van der Waals surface area contributed by atoms with Gasteiger partial charge >= 0.3 is 0 Å². The number of rotatable bonds is 2. The van der Waals surface area contributed by atoms with Gasteiger partial charge in [-0.1, -0.05) is 24.3 Å². The van der Waals surface area contributed by atoms with Crippen LogP contribution in [0.5, 0.6) is 0 Å². The van der Waals surface area contributed by atoms with Crippen molar-refractivity contribution in [3.63, 3.8) is 0 Å². The molecular weight excluding hydrogens is 228 g/mol. The first-order chi connectivity index (χ1) is 8.63. The lowest BCUT2D eigenvalue weighted by molar-refractivity contribution is -0.142. The van der Waals surface area contributed by atoms with E-state index in [4.69, 9.17) is 10.5 Å². The molecule has 1 amide bonds. The number of carbonyl (C=O) groups is 1. The van der Waals surface area contributed by atoms with Gasteiger partial charge in [-0.25, -0.2) is 0 Å². The Balaban J connectivity index is 2.17. The summed E-state index contributed by atoms with van der Waals surface area (Å²) in [5.41, 5.74) is 7.79. The average molecular weight is 248 g/mol. The Morgan fingerprint density at radius 2 is 2.22 bits per heavy atom. The first kappa shape index (κ1) is 13.1. The van der Waals surface area contributed by atoms with Crippen molar-refractivity contribution in [1.82, 2.24) is 4.90 Å². The Labute approximate surface area is 108 Å². The minimum absolute atomic E-state index is 0.00983. The number of benzene rings is 1. The van der Waals surface area contributed by atoms with Gasteiger partial charge in [0, 0.05) is 0 Å². The van der Waals surface area contributed by atoms with Crippen LogP contribution in [0.25, 0.3) is 0 Å². The van der Waals surface area contributed by atoms with Gasteiger partial charge in [0.2, 0.25) is 5.91 Å². The van der Waals surface area contributed by atoms with Crippen LogP contribution in [0.4, 0.5) is 0 Å². The second-order valence-electron chi connectivity index (χ2n) is 4.78. The Kier molecular flexibility index (Phi) is 3.99. The Bertz CT molecular complexity index is 434. The van der Waals surface area contributed by atoms with E-state index in [0.717, 1.165) is 5.56 Å². The first-order valence-corrected chi connectivity index (χ1v) is 6.30. The molecule has 1 aromatic carbocycles. The van der Waals surface area contributed by atoms with Gasteiger partial charge < -0.3 is 15.4 Å². The summed E-state index contributed by atoms with van der Waals surface area (Å²) in [5, 5.41) is 0. The number of hydrogen-bond acceptors (Lipinski definition) is 3. The fourth-order valence-corrected chi connectivity index (χ4v) is 2.36. The van der Waals surface area contributed by atoms with Gasteiger partial charge in [0.25, 0.3) is 0 Å². The predicted octanol–water partition coefficient (Wildman–Crippen LogP) is 1.24. The van der Waals surface area contributed by atoms with Crippen LogP contribution >= 0.6 is 0 Å². The zero-order valence-corrected chi connectivity index (χ0v) is 10.9. The highest BCUT2D eigenvalue weighted by atomic mass is 16.5. The Morgan fingerprint density at radius 1 is 1.50 bits per heavy atom. The normalized spacial score (nSPS) is 24.1. The molecule has 0 spiro atoms. The molecule has 2 rings (SSSR count). The zero-order chi connectivity index (χ0) is 13.1. The van der Waals surface area contributed by atoms with Crippen LogP contribution in [0.1, 0.15) is 24.2 Å². The van der Waals surface area contributed by atoms with Gasteiger partial charge in [0.15, 0.2) is 0 Å². The Morgan fingerprint density at radius 3 is 2.89 bits per heavy atom. The van der Waals surface area contributed by atoms with Crippen LogP contribution in [-0.2, 0) is 9.53 Å². The number of nitrogens with zero attached hydrogens (tertiary/aromatic N) is 1. The van der Waals surface area contributed by atoms with E-state index in [-0.39, 0.29) is 24.6 Å². The van der Waals surface area contributed by atoms with Gasteiger partial charge in [-0.3, -0.25) is 4.79 Å². The number of nitrogens with two attached hydrogens (primary N) is 1. The minimum atomic E-state index is -0.0436. The molecule has 1 aliphatic rings. The predicted molar refractivity (Wildman–Crippen MR) is 70.1 cm³/mol. The summed E-state index contributed by atoms with van der Waals surface area (Å²) < 4.78 is 5.85. The highest BCUT2D eigenvalue weighted by Gasteiger charge is 2.30. The fourth-order valence-electron chi connectivity index (χ4n) is 2.36. The monoisotopic (exact) mass is 248 g/mol. The van der Waals surface area contributed by atoms with Crippen LogP contribution in [0.15, 0.2) is 24.3 Å². The molecule has 4 nitrogen and oxygen atoms in total. The summed E-state index contributed by atoms with van der Waals surface area (Å²) in [7, 11) is 0. The van der Waals surface area contributed by atoms with E-state index < -0.39 is 0 Å². The van der Waals surface area contributed by atoms with Crippen molar-refractivity contribution in [3.8, 4) is 0 Å². The third kappa shape index (κ3) is 2.54. The lowest BCUT2D eigenvalue weighted by atomic mass is 10.0. The number of hydrogen-bond donors (Lipinski definition) is 1. The molecule has 0 bridgehead atoms. The maximum absolute atomic E-state index is 11.8. The van der Waals surface area contributed by atoms with Gasteiger partial charge in [-0.2, -0.15) is 0 Å². The van der Waals surface area contributed by atoms with Crippen molar-refractivity contribution >= 4 is 5.91 Å². The molecule has 2 unspecified atom stereocenters. The quantitative estimate of drug-likeness (QED) is 0.856. The van der Waals surface area contributed by atoms with Crippen molar-refractivity contribution in [3.05, 3.63) is 35.4 Å². The summed E-state index contributed by atoms with van der Waals surface area (Å²) in [5.74, 6) is -0.00983. The van der Waals surface area contributed by atoms with Gasteiger partial charge in [0.1, 0.15) is 6.10 Å². The maximum atomic E-state index is 11.8. The van der Waals surface area contributed by atoms with E-state index in [1.807, 2.05) is 24.0 Å². The molecule has 1 saturated heterocycles. The highest BCUT2D eigenvalue weighted by Crippen LogP contribution is 2.26. The number of aryl methyl sites for hydroxylation is 1. The van der Waals surface area contributed by atoms with Gasteiger partial charge in [-0.05, 0) is 25.0 Å². The molecule has 98 valence electrons. The molecule has 0 aliphatic carbocycles. The molecule has 0 saturated carbocycles. The van der Waals surface area contributed by atoms with Crippen molar-refractivity contribution in [2.45, 2.75) is 26.0 Å². The van der Waals surface area contributed by atoms with Gasteiger partial charge in [-0.15, -0.1) is 0 Å². The second kappa shape index (κ2) is 5.50. The molecule has 1 aliphatic heterocycles. The van der Waals surface area contributed by atoms with E-state index in [1.165, 1.54) is 5.56 Å². The van der Waals surface area contributed by atoms with E-state index in [9.17, 15) is 4.79 Å². The lowest BCUT2D eigenvalue weighted by Gasteiger charge is -2.38. The molecule has 4 heteroatoms. The lowest BCUT2D eigenvalue weighted by Crippen LogP contribution is -2.50. The summed E-state index contributed by atoms with van der Waals surface area (Å²) in [6, 6.07) is 8.22. The summed E-state index contributed by atoms with van der Waals surface area (Å²) >= 11 is 0. The zero-order valence-electron chi connectivity index (χ0n) is 10.9. The highest BCUT2D eigenvalue weighted by molar-refractivity contribution is 5.78. The van der Waals surface area contributed by atoms with E-state index in [0.29, 0.717) is 13.2 Å². The van der Waals surface area contributed by atoms with E-state index in [1.54, 1.807) is 0 Å². The second-order valence-corrected chi connectivity index (χ2v) is 4.78. The van der Waals surface area contributed by atoms with Crippen LogP contribution in [0, 0.1) is 6.92 Å². The molecule has 1 heterocycles. The summed E-state index contributed by atoms with van der Waals surface area (Å²) in [6.07, 6.45) is -0.0436. The van der Waals surface area contributed by atoms with Crippen molar-refractivity contribution in [2.24, 2.45) is 5.73 Å². The largest absolute Gasteiger partial charge is 0.370 e. The summed E-state index contributed by atoms with van der Waals surface area (Å²) in [6.45, 7) is 5.26. The first-order valence-electron chi connectivity index (χ1n) is 6.30. The fraction of sp³-hybridized carbons (Fsp3) is 0.500. The van der Waals surface area contributed by atoms with E-state index >= 15 is 0 Å². The summed E-state index contributed by atoms with van der Waals surface area (Å²) in [4.78, 5) is 13.6. The molecule has 2 atom stereocenters. The minimum Gasteiger partial charge on any atom is -0.370 e. The van der Waals surface area contributed by atoms with Crippen LogP contribution in [-0.4, -0.2) is 36.5 Å². The van der Waals surface area contributed by atoms with Crippen molar-refractivity contribution < 1.29 is 9.53 Å². The molecule has 18 heavy (non-hydrogen) atoms. The smallest absolute Gasteiger partial charge is 0.236 e. The molecule has 0 aromatic heterocycles. The number of morpholine rings is 1. The molecule has 0 radical (unpaired) electrons. The molecular formula is C14H20N2O2. The number of amides is 1. The SMILES string of the molecule is Cc1ccccc1C1CN(C(=O)CN)C(C)CO1. The van der Waals surface area contributed by atoms with Crippen LogP contribution < -0.4 is 5.73 Å². The number of ether oxygens (including phenoxy) is 1. The maximum Gasteiger partial charge on any atom is 0.236 e. The van der Waals surface area contributed by atoms with Gasteiger partial charge in [0.05, 0.1) is 25.7 Å².